The Morgan fingerprint density at radius 2 is 1.72 bits per heavy atom. The average Bonchev–Trinajstić information content (AvgIpc) is 3.43. The van der Waals surface area contributed by atoms with Crippen molar-refractivity contribution in [3.63, 3.8) is 0 Å². The van der Waals surface area contributed by atoms with Crippen LogP contribution in [0.15, 0.2) is 48.7 Å². The molecular weight excluding hydrogens is 498 g/mol. The lowest BCUT2D eigenvalue weighted by Gasteiger charge is -2.33. The lowest BCUT2D eigenvalue weighted by Crippen LogP contribution is -2.52. The Labute approximate surface area is 205 Å². The molecule has 2 fully saturated rings. The second-order valence-corrected chi connectivity index (χ2v) is 11.6. The number of aromatic nitrogens is 3. The molecule has 3 aliphatic rings. The summed E-state index contributed by atoms with van der Waals surface area (Å²) in [4.78, 5) is 0. The van der Waals surface area contributed by atoms with Crippen LogP contribution >= 0.6 is 0 Å². The topological polar surface area (TPSA) is 80.1 Å². The summed E-state index contributed by atoms with van der Waals surface area (Å²) in [6.07, 6.45) is -0.201. The Kier molecular flexibility index (Phi) is 5.29. The number of hydrogen-bond donors (Lipinski definition) is 1. The van der Waals surface area contributed by atoms with Crippen LogP contribution in [0.5, 0.6) is 0 Å². The zero-order valence-electron chi connectivity index (χ0n) is 19.0. The Morgan fingerprint density at radius 3 is 2.42 bits per heavy atom. The number of nitrogens with zero attached hydrogens (tertiary/aromatic N) is 4. The van der Waals surface area contributed by atoms with Gasteiger partial charge < -0.3 is 0 Å². The minimum atomic E-state index is -4.60. The molecule has 12 heteroatoms. The molecule has 2 bridgehead atoms. The van der Waals surface area contributed by atoms with Crippen molar-refractivity contribution in [2.75, 3.05) is 13.1 Å². The van der Waals surface area contributed by atoms with E-state index in [-0.39, 0.29) is 24.2 Å². The van der Waals surface area contributed by atoms with Crippen LogP contribution in [0.1, 0.15) is 24.0 Å². The fraction of sp³-hybridized carbons (Fsp3) is 0.417. The van der Waals surface area contributed by atoms with Crippen molar-refractivity contribution in [3.05, 3.63) is 65.6 Å². The Balaban J connectivity index is 1.29. The van der Waals surface area contributed by atoms with Gasteiger partial charge in [-0.2, -0.15) is 30.6 Å². The SMILES string of the molecule is O=S1(=O)NC2(CN1CC(F)(F)F)C1CCC2Cc2cc(-n3cc(-c4ccc(F)cc4)nn3)ccc2C1. The quantitative estimate of drug-likeness (QED) is 0.534. The number of rotatable bonds is 3. The minimum Gasteiger partial charge on any atom is -0.220 e. The van der Waals surface area contributed by atoms with E-state index in [4.69, 9.17) is 0 Å². The molecule has 1 saturated carbocycles. The molecule has 1 aliphatic heterocycles. The van der Waals surface area contributed by atoms with Gasteiger partial charge in [-0.25, -0.2) is 9.07 Å². The van der Waals surface area contributed by atoms with Gasteiger partial charge >= 0.3 is 6.18 Å². The van der Waals surface area contributed by atoms with Crippen LogP contribution < -0.4 is 4.72 Å². The van der Waals surface area contributed by atoms with Crippen molar-refractivity contribution in [1.29, 1.82) is 0 Å². The van der Waals surface area contributed by atoms with Crippen molar-refractivity contribution in [2.45, 2.75) is 37.4 Å². The van der Waals surface area contributed by atoms with Crippen molar-refractivity contribution in [2.24, 2.45) is 11.8 Å². The van der Waals surface area contributed by atoms with Gasteiger partial charge in [0, 0.05) is 12.1 Å². The third kappa shape index (κ3) is 4.00. The molecule has 36 heavy (non-hydrogen) atoms. The minimum absolute atomic E-state index is 0.0842. The largest absolute Gasteiger partial charge is 0.402 e. The molecule has 2 aromatic carbocycles. The molecule has 6 rings (SSSR count). The molecule has 0 amide bonds. The molecule has 1 N–H and O–H groups in total. The molecular formula is C24H23F4N5O2S. The van der Waals surface area contributed by atoms with E-state index in [1.165, 1.54) is 12.1 Å². The van der Waals surface area contributed by atoms with Crippen LogP contribution in [0.4, 0.5) is 17.6 Å². The number of nitrogens with one attached hydrogen (secondary N) is 1. The molecule has 1 spiro atoms. The smallest absolute Gasteiger partial charge is 0.220 e. The highest BCUT2D eigenvalue weighted by Crippen LogP contribution is 2.50. The summed E-state index contributed by atoms with van der Waals surface area (Å²) in [7, 11) is -4.22. The molecule has 0 radical (unpaired) electrons. The summed E-state index contributed by atoms with van der Waals surface area (Å²) < 4.78 is 82.7. The van der Waals surface area contributed by atoms with E-state index in [0.29, 0.717) is 22.8 Å². The zero-order chi connectivity index (χ0) is 25.3. The first-order chi connectivity index (χ1) is 17.0. The van der Waals surface area contributed by atoms with Gasteiger partial charge in [0.05, 0.1) is 17.4 Å². The predicted molar refractivity (Wildman–Crippen MR) is 123 cm³/mol. The molecule has 2 aliphatic carbocycles. The maximum atomic E-state index is 13.2. The van der Waals surface area contributed by atoms with E-state index < -0.39 is 28.5 Å². The van der Waals surface area contributed by atoms with Crippen molar-refractivity contribution in [3.8, 4) is 16.9 Å². The molecule has 3 aromatic rings. The molecule has 1 saturated heterocycles. The summed E-state index contributed by atoms with van der Waals surface area (Å²) in [5.41, 5.74) is 3.28. The second kappa shape index (κ2) is 8.09. The monoisotopic (exact) mass is 521 g/mol. The van der Waals surface area contributed by atoms with E-state index in [9.17, 15) is 26.0 Å². The molecule has 7 nitrogen and oxygen atoms in total. The molecule has 190 valence electrons. The maximum absolute atomic E-state index is 13.2. The lowest BCUT2D eigenvalue weighted by molar-refractivity contribution is -0.136. The molecule has 3 unspecified atom stereocenters. The third-order valence-electron chi connectivity index (χ3n) is 7.79. The van der Waals surface area contributed by atoms with Gasteiger partial charge in [0.1, 0.15) is 18.1 Å². The van der Waals surface area contributed by atoms with E-state index in [2.05, 4.69) is 15.0 Å². The van der Waals surface area contributed by atoms with Crippen molar-refractivity contribution in [1.82, 2.24) is 24.0 Å². The Bertz CT molecular complexity index is 1420. The summed E-state index contributed by atoms with van der Waals surface area (Å²) in [6.45, 7) is -1.65. The second-order valence-electron chi connectivity index (χ2n) is 9.92. The van der Waals surface area contributed by atoms with Crippen LogP contribution in [0.3, 0.4) is 0 Å². The Morgan fingerprint density at radius 1 is 1.03 bits per heavy atom. The molecule has 2 heterocycles. The number of alkyl halides is 3. The summed E-state index contributed by atoms with van der Waals surface area (Å²) >= 11 is 0. The summed E-state index contributed by atoms with van der Waals surface area (Å²) in [6, 6.07) is 11.8. The zero-order valence-corrected chi connectivity index (χ0v) is 19.9. The van der Waals surface area contributed by atoms with Crippen LogP contribution in [0.2, 0.25) is 0 Å². The summed E-state index contributed by atoms with van der Waals surface area (Å²) in [5.74, 6) is -0.536. The Hall–Kier alpha value is -2.83. The van der Waals surface area contributed by atoms with Crippen molar-refractivity contribution >= 4 is 10.2 Å². The number of hydrogen-bond acceptors (Lipinski definition) is 4. The molecule has 1 aromatic heterocycles. The highest BCUT2D eigenvalue weighted by Gasteiger charge is 2.60. The fourth-order valence-corrected chi connectivity index (χ4v) is 7.82. The number of halogens is 4. The molecule has 3 atom stereocenters. The van der Waals surface area contributed by atoms with Gasteiger partial charge in [-0.3, -0.25) is 0 Å². The van der Waals surface area contributed by atoms with Crippen LogP contribution in [0, 0.1) is 17.7 Å². The van der Waals surface area contributed by atoms with Gasteiger partial charge in [-0.15, -0.1) is 5.10 Å². The van der Waals surface area contributed by atoms with E-state index in [1.54, 1.807) is 23.0 Å². The highest BCUT2D eigenvalue weighted by molar-refractivity contribution is 7.87. The first-order valence-electron chi connectivity index (χ1n) is 11.7. The van der Waals surface area contributed by atoms with E-state index in [1.807, 2.05) is 18.2 Å². The van der Waals surface area contributed by atoms with E-state index >= 15 is 0 Å². The van der Waals surface area contributed by atoms with Gasteiger partial charge in [0.25, 0.3) is 10.2 Å². The van der Waals surface area contributed by atoms with Crippen LogP contribution in [-0.2, 0) is 23.1 Å². The third-order valence-corrected chi connectivity index (χ3v) is 9.37. The normalized spacial score (nSPS) is 27.3. The number of fused-ring (bicyclic) bond motifs is 1. The number of benzene rings is 2. The van der Waals surface area contributed by atoms with Crippen LogP contribution in [-0.4, -0.2) is 52.5 Å². The van der Waals surface area contributed by atoms with Crippen LogP contribution in [0.25, 0.3) is 16.9 Å². The van der Waals surface area contributed by atoms with Crippen molar-refractivity contribution < 1.29 is 26.0 Å². The van der Waals surface area contributed by atoms with Gasteiger partial charge in [-0.05, 0) is 85.0 Å². The fourth-order valence-electron chi connectivity index (χ4n) is 6.12. The first kappa shape index (κ1) is 23.6. The lowest BCUT2D eigenvalue weighted by atomic mass is 9.79. The van der Waals surface area contributed by atoms with Gasteiger partial charge in [0.2, 0.25) is 0 Å². The summed E-state index contributed by atoms with van der Waals surface area (Å²) in [5, 5.41) is 8.40. The van der Waals surface area contributed by atoms with Gasteiger partial charge in [-0.1, -0.05) is 11.3 Å². The first-order valence-corrected chi connectivity index (χ1v) is 13.1. The maximum Gasteiger partial charge on any atom is 0.402 e. The van der Waals surface area contributed by atoms with Gasteiger partial charge in [0.15, 0.2) is 0 Å². The predicted octanol–water partition coefficient (Wildman–Crippen LogP) is 3.65. The highest BCUT2D eigenvalue weighted by atomic mass is 32.2. The van der Waals surface area contributed by atoms with E-state index in [0.717, 1.165) is 35.2 Å². The average molecular weight is 522 g/mol. The standard InChI is InChI=1S/C24H23F4N5O2S/c25-20-6-1-15(2-7-20)22-12-33(31-29-22)21-8-3-16-9-18-4-5-19(10-17(16)11-21)23(18)13-32(14-24(26,27)28)36(34,35)30-23/h1-3,6-8,11-12,18-19,30H,4-5,9-10,13-14H2.